The minimum atomic E-state index is 0.123. The molecular formula is C17H14BrNO. The van der Waals surface area contributed by atoms with E-state index >= 15 is 0 Å². The molecule has 2 aromatic carbocycles. The van der Waals surface area contributed by atoms with Gasteiger partial charge in [-0.15, -0.1) is 0 Å². The van der Waals surface area contributed by atoms with Gasteiger partial charge in [0, 0.05) is 27.1 Å². The Bertz CT molecular complexity index is 771. The summed E-state index contributed by atoms with van der Waals surface area (Å²) in [6, 6.07) is 15.8. The number of fused-ring (bicyclic) bond motifs is 1. The molecule has 0 saturated carbocycles. The molecule has 3 aromatic rings. The highest BCUT2D eigenvalue weighted by molar-refractivity contribution is 9.10. The van der Waals surface area contributed by atoms with E-state index in [9.17, 15) is 4.79 Å². The number of hydrogen-bond acceptors (Lipinski definition) is 1. The number of carbonyl (C=O) groups excluding carboxylic acids is 1. The van der Waals surface area contributed by atoms with E-state index in [-0.39, 0.29) is 5.78 Å². The van der Waals surface area contributed by atoms with Gasteiger partial charge in [-0.3, -0.25) is 4.79 Å². The summed E-state index contributed by atoms with van der Waals surface area (Å²) in [6.07, 6.45) is 1.97. The maximum atomic E-state index is 12.3. The van der Waals surface area contributed by atoms with Gasteiger partial charge in [0.15, 0.2) is 5.78 Å². The van der Waals surface area contributed by atoms with Gasteiger partial charge in [-0.25, -0.2) is 0 Å². The summed E-state index contributed by atoms with van der Waals surface area (Å²) in [4.78, 5) is 12.3. The zero-order valence-electron chi connectivity index (χ0n) is 11.1. The first-order valence-corrected chi connectivity index (χ1v) is 7.28. The van der Waals surface area contributed by atoms with Crippen LogP contribution in [0.25, 0.3) is 10.9 Å². The number of benzene rings is 2. The molecule has 0 atom stereocenters. The molecule has 3 rings (SSSR count). The van der Waals surface area contributed by atoms with E-state index < -0.39 is 0 Å². The second-order valence-electron chi connectivity index (χ2n) is 4.91. The van der Waals surface area contributed by atoms with E-state index in [0.717, 1.165) is 26.5 Å². The van der Waals surface area contributed by atoms with E-state index in [1.165, 1.54) is 0 Å². The van der Waals surface area contributed by atoms with Crippen molar-refractivity contribution in [1.29, 1.82) is 0 Å². The molecule has 1 heterocycles. The van der Waals surface area contributed by atoms with Crippen LogP contribution in [0, 0.1) is 6.92 Å². The van der Waals surface area contributed by atoms with Crippen molar-refractivity contribution in [3.05, 3.63) is 70.3 Å². The summed E-state index contributed by atoms with van der Waals surface area (Å²) < 4.78 is 3.01. The molecule has 0 amide bonds. The number of hydrogen-bond donors (Lipinski definition) is 0. The van der Waals surface area contributed by atoms with Crippen LogP contribution in [0.5, 0.6) is 0 Å². The molecule has 0 fully saturated rings. The van der Waals surface area contributed by atoms with Gasteiger partial charge in [-0.05, 0) is 28.9 Å². The van der Waals surface area contributed by atoms with Crippen molar-refractivity contribution in [2.24, 2.45) is 0 Å². The van der Waals surface area contributed by atoms with E-state index in [1.807, 2.05) is 66.2 Å². The second-order valence-corrected chi connectivity index (χ2v) is 5.77. The predicted molar refractivity (Wildman–Crippen MR) is 85.1 cm³/mol. The fourth-order valence-corrected chi connectivity index (χ4v) is 2.90. The van der Waals surface area contributed by atoms with E-state index in [0.29, 0.717) is 6.54 Å². The summed E-state index contributed by atoms with van der Waals surface area (Å²) in [5.41, 5.74) is 2.99. The minimum Gasteiger partial charge on any atom is -0.338 e. The van der Waals surface area contributed by atoms with Gasteiger partial charge in [0.1, 0.15) is 0 Å². The zero-order valence-corrected chi connectivity index (χ0v) is 12.7. The van der Waals surface area contributed by atoms with Crippen molar-refractivity contribution < 1.29 is 4.79 Å². The Morgan fingerprint density at radius 2 is 1.80 bits per heavy atom. The third-order valence-corrected chi connectivity index (χ3v) is 4.06. The topological polar surface area (TPSA) is 22.0 Å². The summed E-state index contributed by atoms with van der Waals surface area (Å²) in [5, 5.41) is 1.13. The van der Waals surface area contributed by atoms with Crippen molar-refractivity contribution in [2.45, 2.75) is 13.5 Å². The Balaban J connectivity index is 1.93. The normalized spacial score (nSPS) is 10.9. The number of halogens is 1. The standard InChI is InChI=1S/C17H14BrNO/c1-12-6-8-13(9-7-12)17(20)11-19-10-15(18)14-4-2-3-5-16(14)19/h2-10H,11H2,1H3. The van der Waals surface area contributed by atoms with Crippen LogP contribution in [0.4, 0.5) is 0 Å². The molecule has 0 bridgehead atoms. The highest BCUT2D eigenvalue weighted by Crippen LogP contribution is 2.26. The molecule has 100 valence electrons. The van der Waals surface area contributed by atoms with Crippen molar-refractivity contribution in [2.75, 3.05) is 0 Å². The zero-order chi connectivity index (χ0) is 14.1. The first-order chi connectivity index (χ1) is 9.65. The Morgan fingerprint density at radius 1 is 1.10 bits per heavy atom. The molecule has 0 aliphatic rings. The first kappa shape index (κ1) is 13.1. The van der Waals surface area contributed by atoms with Gasteiger partial charge in [0.25, 0.3) is 0 Å². The summed E-state index contributed by atoms with van der Waals surface area (Å²) in [5.74, 6) is 0.123. The van der Waals surface area contributed by atoms with Gasteiger partial charge < -0.3 is 4.57 Å². The molecule has 20 heavy (non-hydrogen) atoms. The molecule has 0 unspecified atom stereocenters. The lowest BCUT2D eigenvalue weighted by Gasteiger charge is -2.05. The van der Waals surface area contributed by atoms with Crippen LogP contribution in [0.2, 0.25) is 0 Å². The molecule has 3 heteroatoms. The summed E-state index contributed by atoms with van der Waals surface area (Å²) in [6.45, 7) is 2.37. The average molecular weight is 328 g/mol. The van der Waals surface area contributed by atoms with Crippen molar-refractivity contribution in [3.8, 4) is 0 Å². The van der Waals surface area contributed by atoms with Crippen molar-refractivity contribution in [1.82, 2.24) is 4.57 Å². The Hall–Kier alpha value is -1.87. The maximum absolute atomic E-state index is 12.3. The van der Waals surface area contributed by atoms with Gasteiger partial charge in [-0.2, -0.15) is 0 Å². The van der Waals surface area contributed by atoms with Crippen LogP contribution in [0.1, 0.15) is 15.9 Å². The lowest BCUT2D eigenvalue weighted by molar-refractivity contribution is 0.0973. The fraction of sp³-hybridized carbons (Fsp3) is 0.118. The van der Waals surface area contributed by atoms with E-state index in [2.05, 4.69) is 15.9 Å². The highest BCUT2D eigenvalue weighted by atomic mass is 79.9. The van der Waals surface area contributed by atoms with Gasteiger partial charge in [0.05, 0.1) is 6.54 Å². The molecule has 2 nitrogen and oxygen atoms in total. The number of aromatic nitrogens is 1. The molecule has 0 spiro atoms. The lowest BCUT2D eigenvalue weighted by atomic mass is 10.1. The highest BCUT2D eigenvalue weighted by Gasteiger charge is 2.10. The number of para-hydroxylation sites is 1. The van der Waals surface area contributed by atoms with Gasteiger partial charge >= 0.3 is 0 Å². The Kier molecular flexibility index (Phi) is 3.45. The molecule has 0 radical (unpaired) electrons. The van der Waals surface area contributed by atoms with Crippen LogP contribution in [0.15, 0.2) is 59.2 Å². The third-order valence-electron chi connectivity index (χ3n) is 3.43. The van der Waals surface area contributed by atoms with Crippen LogP contribution in [-0.4, -0.2) is 10.4 Å². The summed E-state index contributed by atoms with van der Waals surface area (Å²) >= 11 is 3.54. The SMILES string of the molecule is Cc1ccc(C(=O)Cn2cc(Br)c3ccccc32)cc1. The third kappa shape index (κ3) is 2.41. The number of ketones is 1. The quantitative estimate of drug-likeness (QED) is 0.644. The van der Waals surface area contributed by atoms with E-state index in [1.54, 1.807) is 0 Å². The molecular weight excluding hydrogens is 314 g/mol. The van der Waals surface area contributed by atoms with Crippen molar-refractivity contribution in [3.63, 3.8) is 0 Å². The summed E-state index contributed by atoms with van der Waals surface area (Å²) in [7, 11) is 0. The van der Waals surface area contributed by atoms with Crippen LogP contribution >= 0.6 is 15.9 Å². The average Bonchev–Trinajstić information content (AvgIpc) is 2.77. The molecule has 0 saturated heterocycles. The fourth-order valence-electron chi connectivity index (χ4n) is 2.32. The number of aryl methyl sites for hydroxylation is 1. The molecule has 1 aromatic heterocycles. The Labute approximate surface area is 126 Å². The first-order valence-electron chi connectivity index (χ1n) is 6.48. The molecule has 0 aliphatic heterocycles. The molecule has 0 N–H and O–H groups in total. The minimum absolute atomic E-state index is 0.123. The van der Waals surface area contributed by atoms with Gasteiger partial charge in [0.2, 0.25) is 0 Å². The number of Topliss-reactive ketones (excluding diaryl/α,β-unsaturated/α-hetero) is 1. The maximum Gasteiger partial charge on any atom is 0.182 e. The number of carbonyl (C=O) groups is 1. The lowest BCUT2D eigenvalue weighted by Crippen LogP contribution is -2.09. The number of rotatable bonds is 3. The van der Waals surface area contributed by atoms with Crippen LogP contribution in [-0.2, 0) is 6.54 Å². The van der Waals surface area contributed by atoms with Gasteiger partial charge in [-0.1, -0.05) is 48.0 Å². The second kappa shape index (κ2) is 5.25. The predicted octanol–water partition coefficient (Wildman–Crippen LogP) is 4.60. The van der Waals surface area contributed by atoms with E-state index in [4.69, 9.17) is 0 Å². The number of nitrogens with zero attached hydrogens (tertiary/aromatic N) is 1. The molecule has 0 aliphatic carbocycles. The smallest absolute Gasteiger partial charge is 0.182 e. The largest absolute Gasteiger partial charge is 0.338 e. The monoisotopic (exact) mass is 327 g/mol. The Morgan fingerprint density at radius 3 is 2.55 bits per heavy atom. The van der Waals surface area contributed by atoms with Crippen LogP contribution in [0.3, 0.4) is 0 Å². The van der Waals surface area contributed by atoms with Crippen LogP contribution < -0.4 is 0 Å². The van der Waals surface area contributed by atoms with Crippen molar-refractivity contribution >= 4 is 32.6 Å².